The van der Waals surface area contributed by atoms with E-state index in [9.17, 15) is 12.8 Å². The molecule has 0 bridgehead atoms. The number of hydrogen-bond acceptors (Lipinski definition) is 3. The van der Waals surface area contributed by atoms with Crippen molar-refractivity contribution >= 4 is 27.3 Å². The Bertz CT molecular complexity index is 719. The summed E-state index contributed by atoms with van der Waals surface area (Å²) in [6.07, 6.45) is 0. The highest BCUT2D eigenvalue weighted by Crippen LogP contribution is 2.21. The van der Waals surface area contributed by atoms with E-state index in [1.165, 1.54) is 30.3 Å². The smallest absolute Gasteiger partial charge is 0.264 e. The second-order valence-corrected chi connectivity index (χ2v) is 5.84. The highest BCUT2D eigenvalue weighted by atomic mass is 35.5. The third-order valence-electron chi connectivity index (χ3n) is 2.42. The minimum Gasteiger partial charge on any atom is -0.278 e. The van der Waals surface area contributed by atoms with Gasteiger partial charge in [-0.1, -0.05) is 23.7 Å². The molecule has 0 saturated heterocycles. The fraction of sp³-hybridized carbons (Fsp3) is 0.0833. The lowest BCUT2D eigenvalue weighted by molar-refractivity contribution is 0.570. The number of pyridine rings is 1. The van der Waals surface area contributed by atoms with E-state index in [0.717, 1.165) is 6.07 Å². The summed E-state index contributed by atoms with van der Waals surface area (Å²) in [5.41, 5.74) is 0.667. The van der Waals surface area contributed by atoms with E-state index >= 15 is 0 Å². The lowest BCUT2D eigenvalue weighted by atomic mass is 10.3. The molecule has 0 aliphatic heterocycles. The van der Waals surface area contributed by atoms with Crippen molar-refractivity contribution in [1.82, 2.24) is 4.98 Å². The summed E-state index contributed by atoms with van der Waals surface area (Å²) in [5.74, 6) is -0.811. The Morgan fingerprint density at radius 2 is 1.89 bits per heavy atom. The molecule has 0 amide bonds. The molecule has 4 nitrogen and oxygen atoms in total. The maximum Gasteiger partial charge on any atom is 0.264 e. The Kier molecular flexibility index (Phi) is 3.73. The van der Waals surface area contributed by atoms with Crippen LogP contribution in [0.2, 0.25) is 5.15 Å². The lowest BCUT2D eigenvalue weighted by Crippen LogP contribution is -2.15. The van der Waals surface area contributed by atoms with Gasteiger partial charge in [0.2, 0.25) is 0 Å². The van der Waals surface area contributed by atoms with Crippen molar-refractivity contribution < 1.29 is 12.8 Å². The SMILES string of the molecule is Cc1nc(Cl)ccc1NS(=O)(=O)c1ccccc1F. The first-order chi connectivity index (χ1) is 8.90. The zero-order valence-electron chi connectivity index (χ0n) is 9.89. The van der Waals surface area contributed by atoms with Gasteiger partial charge in [-0.15, -0.1) is 0 Å². The van der Waals surface area contributed by atoms with Crippen LogP contribution < -0.4 is 4.72 Å². The third-order valence-corrected chi connectivity index (χ3v) is 4.03. The van der Waals surface area contributed by atoms with Crippen LogP contribution in [0.1, 0.15) is 5.69 Å². The number of benzene rings is 1. The van der Waals surface area contributed by atoms with Crippen LogP contribution in [0.4, 0.5) is 10.1 Å². The summed E-state index contributed by atoms with van der Waals surface area (Å²) in [6.45, 7) is 1.60. The molecule has 0 fully saturated rings. The second-order valence-electron chi connectivity index (χ2n) is 3.80. The second kappa shape index (κ2) is 5.14. The van der Waals surface area contributed by atoms with Crippen molar-refractivity contribution in [3.8, 4) is 0 Å². The van der Waals surface area contributed by atoms with Gasteiger partial charge in [-0.2, -0.15) is 0 Å². The van der Waals surface area contributed by atoms with E-state index in [4.69, 9.17) is 11.6 Å². The summed E-state index contributed by atoms with van der Waals surface area (Å²) < 4.78 is 39.9. The van der Waals surface area contributed by atoms with Crippen LogP contribution >= 0.6 is 11.6 Å². The number of halogens is 2. The van der Waals surface area contributed by atoms with Crippen LogP contribution in [0, 0.1) is 12.7 Å². The molecule has 7 heteroatoms. The Morgan fingerprint density at radius 1 is 1.21 bits per heavy atom. The number of anilines is 1. The number of aryl methyl sites for hydroxylation is 1. The standard InChI is InChI=1S/C12H10ClFN2O2S/c1-8-10(6-7-12(13)15-8)16-19(17,18)11-5-3-2-4-9(11)14/h2-7,16H,1H3. The van der Waals surface area contributed by atoms with Gasteiger partial charge in [-0.05, 0) is 31.2 Å². The topological polar surface area (TPSA) is 59.1 Å². The Morgan fingerprint density at radius 3 is 2.53 bits per heavy atom. The molecule has 0 atom stereocenters. The Labute approximate surface area is 115 Å². The van der Waals surface area contributed by atoms with Gasteiger partial charge in [-0.25, -0.2) is 17.8 Å². The normalized spacial score (nSPS) is 11.3. The number of nitrogens with zero attached hydrogens (tertiary/aromatic N) is 1. The van der Waals surface area contributed by atoms with Gasteiger partial charge in [0.15, 0.2) is 0 Å². The van der Waals surface area contributed by atoms with E-state index in [0.29, 0.717) is 5.69 Å². The lowest BCUT2D eigenvalue weighted by Gasteiger charge is -2.10. The van der Waals surface area contributed by atoms with Crippen LogP contribution in [0.5, 0.6) is 0 Å². The summed E-state index contributed by atoms with van der Waals surface area (Å²) in [4.78, 5) is 3.51. The number of aromatic nitrogens is 1. The van der Waals surface area contributed by atoms with E-state index in [2.05, 4.69) is 9.71 Å². The molecule has 19 heavy (non-hydrogen) atoms. The monoisotopic (exact) mass is 300 g/mol. The van der Waals surface area contributed by atoms with Gasteiger partial charge >= 0.3 is 0 Å². The van der Waals surface area contributed by atoms with E-state index in [-0.39, 0.29) is 10.8 Å². The van der Waals surface area contributed by atoms with Crippen molar-refractivity contribution in [1.29, 1.82) is 0 Å². The van der Waals surface area contributed by atoms with Gasteiger partial charge < -0.3 is 0 Å². The molecule has 0 unspecified atom stereocenters. The third kappa shape index (κ3) is 3.02. The zero-order valence-corrected chi connectivity index (χ0v) is 11.5. The quantitative estimate of drug-likeness (QED) is 0.887. The molecule has 100 valence electrons. The van der Waals surface area contributed by atoms with E-state index < -0.39 is 20.7 Å². The molecule has 2 aromatic rings. The van der Waals surface area contributed by atoms with Crippen molar-refractivity contribution in [2.45, 2.75) is 11.8 Å². The molecular weight excluding hydrogens is 291 g/mol. The first-order valence-electron chi connectivity index (χ1n) is 5.30. The molecule has 0 aliphatic carbocycles. The summed E-state index contributed by atoms with van der Waals surface area (Å²) in [7, 11) is -3.99. The number of sulfonamides is 1. The first kappa shape index (κ1) is 13.8. The van der Waals surface area contributed by atoms with Crippen molar-refractivity contribution in [3.63, 3.8) is 0 Å². The molecule has 2 rings (SSSR count). The van der Waals surface area contributed by atoms with Crippen molar-refractivity contribution in [2.75, 3.05) is 4.72 Å². The first-order valence-corrected chi connectivity index (χ1v) is 7.17. The fourth-order valence-corrected chi connectivity index (χ4v) is 2.89. The molecular formula is C12H10ClFN2O2S. The Balaban J connectivity index is 2.40. The van der Waals surface area contributed by atoms with Crippen LogP contribution in [0.25, 0.3) is 0 Å². The molecule has 1 heterocycles. The molecule has 0 spiro atoms. The molecule has 1 aromatic heterocycles. The van der Waals surface area contributed by atoms with Crippen molar-refractivity contribution in [2.24, 2.45) is 0 Å². The van der Waals surface area contributed by atoms with Gasteiger partial charge in [0, 0.05) is 0 Å². The maximum absolute atomic E-state index is 13.5. The molecule has 1 N–H and O–H groups in total. The molecule has 0 saturated carbocycles. The average molecular weight is 301 g/mol. The molecule has 1 aromatic carbocycles. The predicted molar refractivity (Wildman–Crippen MR) is 71.2 cm³/mol. The minimum atomic E-state index is -3.99. The van der Waals surface area contributed by atoms with E-state index in [1.54, 1.807) is 6.92 Å². The largest absolute Gasteiger partial charge is 0.278 e. The van der Waals surface area contributed by atoms with Gasteiger partial charge in [-0.3, -0.25) is 4.72 Å². The Hall–Kier alpha value is -1.66. The molecule has 0 radical (unpaired) electrons. The number of nitrogens with one attached hydrogen (secondary N) is 1. The van der Waals surface area contributed by atoms with Crippen LogP contribution in [0.3, 0.4) is 0 Å². The van der Waals surface area contributed by atoms with Crippen LogP contribution in [0.15, 0.2) is 41.3 Å². The van der Waals surface area contributed by atoms with E-state index in [1.807, 2.05) is 0 Å². The average Bonchev–Trinajstić information content (AvgIpc) is 2.33. The summed E-state index contributed by atoms with van der Waals surface area (Å²) in [5, 5.41) is 0.256. The summed E-state index contributed by atoms with van der Waals surface area (Å²) >= 11 is 5.68. The highest BCUT2D eigenvalue weighted by molar-refractivity contribution is 7.92. The van der Waals surface area contributed by atoms with Crippen molar-refractivity contribution in [3.05, 3.63) is 53.1 Å². The zero-order chi connectivity index (χ0) is 14.0. The minimum absolute atomic E-state index is 0.256. The predicted octanol–water partition coefficient (Wildman–Crippen LogP) is 2.98. The number of rotatable bonds is 3. The maximum atomic E-state index is 13.5. The highest BCUT2D eigenvalue weighted by Gasteiger charge is 2.19. The van der Waals surface area contributed by atoms with Crippen LogP contribution in [-0.2, 0) is 10.0 Å². The van der Waals surface area contributed by atoms with Gasteiger partial charge in [0.25, 0.3) is 10.0 Å². The van der Waals surface area contributed by atoms with Crippen LogP contribution in [-0.4, -0.2) is 13.4 Å². The van der Waals surface area contributed by atoms with Gasteiger partial charge in [0.1, 0.15) is 15.9 Å². The summed E-state index contributed by atoms with van der Waals surface area (Å²) in [6, 6.07) is 8.07. The fourth-order valence-electron chi connectivity index (χ4n) is 1.50. The number of hydrogen-bond donors (Lipinski definition) is 1. The van der Waals surface area contributed by atoms with Gasteiger partial charge in [0.05, 0.1) is 11.4 Å². The molecule has 0 aliphatic rings.